The van der Waals surface area contributed by atoms with Crippen molar-refractivity contribution in [2.75, 3.05) is 0 Å². The fourth-order valence-corrected chi connectivity index (χ4v) is 3.25. The first-order valence-electron chi connectivity index (χ1n) is 6.61. The molecule has 0 saturated heterocycles. The number of hydrogen-bond donors (Lipinski definition) is 1. The number of allylic oxidation sites excluding steroid dienone is 1. The van der Waals surface area contributed by atoms with Gasteiger partial charge in [0.25, 0.3) is 0 Å². The molecule has 1 saturated carbocycles. The minimum atomic E-state index is -0.628. The zero-order valence-electron chi connectivity index (χ0n) is 10.5. The van der Waals surface area contributed by atoms with E-state index in [4.69, 9.17) is 5.26 Å². The Morgan fingerprint density at radius 1 is 1.44 bits per heavy atom. The maximum absolute atomic E-state index is 9.71. The summed E-state index contributed by atoms with van der Waals surface area (Å²) in [6.45, 7) is 0. The summed E-state index contributed by atoms with van der Waals surface area (Å²) in [4.78, 5) is 0.889. The van der Waals surface area contributed by atoms with Crippen LogP contribution >= 0.6 is 11.3 Å². The molecule has 1 aliphatic carbocycles. The van der Waals surface area contributed by atoms with Gasteiger partial charge >= 0.3 is 0 Å². The molecule has 18 heavy (non-hydrogen) atoms. The lowest BCUT2D eigenvalue weighted by molar-refractivity contribution is 0.187. The van der Waals surface area contributed by atoms with Gasteiger partial charge in [-0.3, -0.25) is 0 Å². The summed E-state index contributed by atoms with van der Waals surface area (Å²) in [6, 6.07) is 3.99. The second-order valence-corrected chi connectivity index (χ2v) is 5.86. The molecule has 0 radical (unpaired) electrons. The van der Waals surface area contributed by atoms with Gasteiger partial charge in [-0.2, -0.15) is 5.26 Å². The predicted molar refractivity (Wildman–Crippen MR) is 75.1 cm³/mol. The van der Waals surface area contributed by atoms with E-state index in [0.29, 0.717) is 0 Å². The van der Waals surface area contributed by atoms with Crippen LogP contribution in [-0.4, -0.2) is 5.11 Å². The standard InChI is InChI=1S/C15H19NOS/c16-9-8-14(17)15-10-13(11-18-15)7-6-12-4-2-1-3-5-12/h6-7,10-12,14,17H,1-5,8H2. The van der Waals surface area contributed by atoms with Crippen molar-refractivity contribution in [2.24, 2.45) is 5.92 Å². The maximum Gasteiger partial charge on any atom is 0.101 e. The molecule has 2 rings (SSSR count). The Labute approximate surface area is 113 Å². The first-order valence-corrected chi connectivity index (χ1v) is 7.49. The van der Waals surface area contributed by atoms with Crippen molar-refractivity contribution < 1.29 is 5.11 Å². The first kappa shape index (κ1) is 13.3. The van der Waals surface area contributed by atoms with Crippen LogP contribution in [0.4, 0.5) is 0 Å². The second-order valence-electron chi connectivity index (χ2n) is 4.92. The third kappa shape index (κ3) is 3.69. The second kappa shape index (κ2) is 6.72. The van der Waals surface area contributed by atoms with Crippen LogP contribution in [0.15, 0.2) is 17.5 Å². The molecule has 1 aromatic heterocycles. The largest absolute Gasteiger partial charge is 0.386 e. The van der Waals surface area contributed by atoms with E-state index < -0.39 is 6.10 Å². The van der Waals surface area contributed by atoms with Crippen LogP contribution in [0.25, 0.3) is 6.08 Å². The van der Waals surface area contributed by atoms with Crippen molar-refractivity contribution in [3.8, 4) is 6.07 Å². The molecule has 1 atom stereocenters. The van der Waals surface area contributed by atoms with Crippen LogP contribution in [0.1, 0.15) is 55.1 Å². The molecular formula is C15H19NOS. The third-order valence-corrected chi connectivity index (χ3v) is 4.52. The van der Waals surface area contributed by atoms with E-state index in [1.54, 1.807) is 0 Å². The number of nitriles is 1. The van der Waals surface area contributed by atoms with E-state index in [2.05, 4.69) is 17.5 Å². The zero-order valence-corrected chi connectivity index (χ0v) is 11.3. The summed E-state index contributed by atoms with van der Waals surface area (Å²) in [5.74, 6) is 0.728. The van der Waals surface area contributed by atoms with Crippen molar-refractivity contribution in [1.29, 1.82) is 5.26 Å². The Morgan fingerprint density at radius 3 is 2.94 bits per heavy atom. The van der Waals surface area contributed by atoms with Crippen molar-refractivity contribution in [3.05, 3.63) is 28.0 Å². The van der Waals surface area contributed by atoms with Gasteiger partial charge in [0.05, 0.1) is 12.5 Å². The Balaban J connectivity index is 1.93. The maximum atomic E-state index is 9.71. The Morgan fingerprint density at radius 2 is 2.22 bits per heavy atom. The van der Waals surface area contributed by atoms with E-state index in [0.717, 1.165) is 16.4 Å². The summed E-state index contributed by atoms with van der Waals surface area (Å²) in [6.07, 6.45) is 10.7. The molecule has 1 unspecified atom stereocenters. The molecule has 0 aliphatic heterocycles. The summed E-state index contributed by atoms with van der Waals surface area (Å²) in [5.41, 5.74) is 1.15. The molecule has 1 fully saturated rings. The number of hydrogen-bond acceptors (Lipinski definition) is 3. The average Bonchev–Trinajstić information content (AvgIpc) is 2.87. The molecule has 1 aliphatic rings. The molecule has 2 nitrogen and oxygen atoms in total. The van der Waals surface area contributed by atoms with Crippen molar-refractivity contribution in [3.63, 3.8) is 0 Å². The van der Waals surface area contributed by atoms with Crippen LogP contribution in [0.3, 0.4) is 0 Å². The minimum absolute atomic E-state index is 0.173. The molecule has 1 aromatic rings. The van der Waals surface area contributed by atoms with E-state index in [1.165, 1.54) is 43.4 Å². The number of aliphatic hydroxyl groups excluding tert-OH is 1. The van der Waals surface area contributed by atoms with Gasteiger partial charge in [0.2, 0.25) is 0 Å². The number of aliphatic hydroxyl groups is 1. The van der Waals surface area contributed by atoms with Gasteiger partial charge in [-0.05, 0) is 35.8 Å². The van der Waals surface area contributed by atoms with Gasteiger partial charge in [0.15, 0.2) is 0 Å². The van der Waals surface area contributed by atoms with Gasteiger partial charge in [0.1, 0.15) is 6.10 Å². The third-order valence-electron chi connectivity index (χ3n) is 3.46. The van der Waals surface area contributed by atoms with Crippen LogP contribution in [0.5, 0.6) is 0 Å². The lowest BCUT2D eigenvalue weighted by atomic mass is 9.89. The van der Waals surface area contributed by atoms with Crippen molar-refractivity contribution >= 4 is 17.4 Å². The van der Waals surface area contributed by atoms with Crippen molar-refractivity contribution in [1.82, 2.24) is 0 Å². The quantitative estimate of drug-likeness (QED) is 0.878. The molecular weight excluding hydrogens is 242 g/mol. The first-order chi connectivity index (χ1) is 8.79. The number of rotatable bonds is 4. The van der Waals surface area contributed by atoms with Crippen LogP contribution in [0, 0.1) is 17.2 Å². The fourth-order valence-electron chi connectivity index (χ4n) is 2.39. The Bertz CT molecular complexity index is 438. The lowest BCUT2D eigenvalue weighted by Gasteiger charge is -2.17. The van der Waals surface area contributed by atoms with Gasteiger partial charge in [0, 0.05) is 4.88 Å². The Kier molecular flexibility index (Phi) is 4.98. The topological polar surface area (TPSA) is 44.0 Å². The minimum Gasteiger partial charge on any atom is -0.386 e. The molecule has 0 bridgehead atoms. The summed E-state index contributed by atoms with van der Waals surface area (Å²) in [7, 11) is 0. The zero-order chi connectivity index (χ0) is 12.8. The van der Waals surface area contributed by atoms with Crippen LogP contribution < -0.4 is 0 Å². The summed E-state index contributed by atoms with van der Waals surface area (Å²) < 4.78 is 0. The highest BCUT2D eigenvalue weighted by Crippen LogP contribution is 2.28. The van der Waals surface area contributed by atoms with Crippen LogP contribution in [-0.2, 0) is 0 Å². The van der Waals surface area contributed by atoms with Gasteiger partial charge in [-0.25, -0.2) is 0 Å². The van der Waals surface area contributed by atoms with Crippen LogP contribution in [0.2, 0.25) is 0 Å². The molecule has 1 N–H and O–H groups in total. The predicted octanol–water partition coefficient (Wildman–Crippen LogP) is 4.29. The summed E-state index contributed by atoms with van der Waals surface area (Å²) in [5, 5.41) is 20.3. The molecule has 0 spiro atoms. The molecule has 3 heteroatoms. The normalized spacial score (nSPS) is 18.9. The SMILES string of the molecule is N#CCC(O)c1cc(C=CC2CCCCC2)cs1. The van der Waals surface area contributed by atoms with E-state index in [1.807, 2.05) is 12.1 Å². The van der Waals surface area contributed by atoms with E-state index >= 15 is 0 Å². The number of nitrogens with zero attached hydrogens (tertiary/aromatic N) is 1. The highest BCUT2D eigenvalue weighted by molar-refractivity contribution is 7.10. The van der Waals surface area contributed by atoms with Gasteiger partial charge in [-0.1, -0.05) is 31.4 Å². The van der Waals surface area contributed by atoms with E-state index in [-0.39, 0.29) is 6.42 Å². The van der Waals surface area contributed by atoms with Gasteiger partial charge in [-0.15, -0.1) is 11.3 Å². The lowest BCUT2D eigenvalue weighted by Crippen LogP contribution is -2.02. The molecule has 0 aromatic carbocycles. The van der Waals surface area contributed by atoms with Gasteiger partial charge < -0.3 is 5.11 Å². The fraction of sp³-hybridized carbons (Fsp3) is 0.533. The molecule has 96 valence electrons. The average molecular weight is 261 g/mol. The van der Waals surface area contributed by atoms with Crippen molar-refractivity contribution in [2.45, 2.75) is 44.6 Å². The van der Waals surface area contributed by atoms with E-state index in [9.17, 15) is 5.11 Å². The molecule has 1 heterocycles. The summed E-state index contributed by atoms with van der Waals surface area (Å²) >= 11 is 1.53. The smallest absolute Gasteiger partial charge is 0.101 e. The monoisotopic (exact) mass is 261 g/mol. The molecule has 0 amide bonds. The Hall–Kier alpha value is -1.11. The number of thiophene rings is 1. The highest BCUT2D eigenvalue weighted by Gasteiger charge is 2.11. The highest BCUT2D eigenvalue weighted by atomic mass is 32.1.